The highest BCUT2D eigenvalue weighted by Crippen LogP contribution is 2.41. The first-order chi connectivity index (χ1) is 16.8. The van der Waals surface area contributed by atoms with E-state index in [2.05, 4.69) is 15.4 Å². The topological polar surface area (TPSA) is 68.2 Å². The monoisotopic (exact) mass is 524 g/mol. The molecule has 4 rings (SSSR count). The number of nitrogens with one attached hydrogen (secondary N) is 2. The molecule has 1 saturated heterocycles. The second kappa shape index (κ2) is 9.74. The zero-order valence-electron chi connectivity index (χ0n) is 19.7. The molecular formula is C25H25ClF4N4O2. The summed E-state index contributed by atoms with van der Waals surface area (Å²) in [7, 11) is 0. The van der Waals surface area contributed by atoms with Crippen LogP contribution in [0.25, 0.3) is 0 Å². The van der Waals surface area contributed by atoms with Crippen LogP contribution < -0.4 is 15.4 Å². The van der Waals surface area contributed by atoms with Crippen LogP contribution in [-0.4, -0.2) is 28.1 Å². The van der Waals surface area contributed by atoms with Crippen molar-refractivity contribution >= 4 is 23.2 Å². The average molecular weight is 525 g/mol. The maximum absolute atomic E-state index is 14.3. The van der Waals surface area contributed by atoms with Gasteiger partial charge in [0.05, 0.1) is 22.3 Å². The molecule has 2 aromatic carbocycles. The first-order valence-electron chi connectivity index (χ1n) is 11.2. The van der Waals surface area contributed by atoms with Crippen LogP contribution in [0.2, 0.25) is 5.02 Å². The molecule has 0 bridgehead atoms. The highest BCUT2D eigenvalue weighted by atomic mass is 35.5. The molecule has 1 amide bonds. The Morgan fingerprint density at radius 2 is 1.92 bits per heavy atom. The molecule has 36 heavy (non-hydrogen) atoms. The number of rotatable bonds is 5. The van der Waals surface area contributed by atoms with Crippen LogP contribution >= 0.6 is 11.6 Å². The maximum Gasteiger partial charge on any atom is 0.573 e. The smallest absolute Gasteiger partial charge is 0.406 e. The van der Waals surface area contributed by atoms with Crippen molar-refractivity contribution in [2.75, 3.05) is 5.32 Å². The Morgan fingerprint density at radius 1 is 1.17 bits per heavy atom. The van der Waals surface area contributed by atoms with Crippen LogP contribution in [0.3, 0.4) is 0 Å². The summed E-state index contributed by atoms with van der Waals surface area (Å²) in [6.45, 7) is 6.03. The molecule has 2 heterocycles. The van der Waals surface area contributed by atoms with E-state index >= 15 is 0 Å². The van der Waals surface area contributed by atoms with Crippen LogP contribution in [0.1, 0.15) is 50.4 Å². The normalized spacial score (nSPS) is 20.4. The molecule has 1 aliphatic heterocycles. The minimum Gasteiger partial charge on any atom is -0.406 e. The van der Waals surface area contributed by atoms with E-state index in [-0.39, 0.29) is 22.2 Å². The predicted molar refractivity (Wildman–Crippen MR) is 127 cm³/mol. The van der Waals surface area contributed by atoms with Crippen molar-refractivity contribution in [3.63, 3.8) is 0 Å². The quantitative estimate of drug-likeness (QED) is 0.393. The molecule has 3 aromatic rings. The molecule has 0 radical (unpaired) electrons. The van der Waals surface area contributed by atoms with Gasteiger partial charge in [0.15, 0.2) is 0 Å². The SMILES string of the molecule is CC(C)(C)n1ccc([C@H]2C[C@@H](C(=O)Nc3cccc(OC(F)(F)F)c3)N[C@H]2c2ccc(Cl)c(F)c2)n1. The summed E-state index contributed by atoms with van der Waals surface area (Å²) < 4.78 is 57.7. The van der Waals surface area contributed by atoms with Gasteiger partial charge >= 0.3 is 6.36 Å². The lowest BCUT2D eigenvalue weighted by Gasteiger charge is -2.21. The molecule has 6 nitrogen and oxygen atoms in total. The number of carbonyl (C=O) groups excluding carboxylic acids is 1. The van der Waals surface area contributed by atoms with Crippen LogP contribution in [-0.2, 0) is 10.3 Å². The van der Waals surface area contributed by atoms with Crippen LogP contribution in [0.15, 0.2) is 54.7 Å². The number of carbonyl (C=O) groups is 1. The summed E-state index contributed by atoms with van der Waals surface area (Å²) in [6, 6.07) is 10.2. The predicted octanol–water partition coefficient (Wildman–Crippen LogP) is 6.15. The first-order valence-corrected chi connectivity index (χ1v) is 11.6. The number of alkyl halides is 3. The molecule has 0 spiro atoms. The highest BCUT2D eigenvalue weighted by Gasteiger charge is 2.40. The Balaban J connectivity index is 1.58. The van der Waals surface area contributed by atoms with Crippen LogP contribution in [0.5, 0.6) is 5.75 Å². The molecule has 3 atom stereocenters. The van der Waals surface area contributed by atoms with Crippen molar-refractivity contribution in [1.29, 1.82) is 0 Å². The van der Waals surface area contributed by atoms with Gasteiger partial charge in [-0.05, 0) is 63.1 Å². The molecule has 1 aliphatic rings. The van der Waals surface area contributed by atoms with Gasteiger partial charge in [0.1, 0.15) is 11.6 Å². The summed E-state index contributed by atoms with van der Waals surface area (Å²) in [5.41, 5.74) is 1.22. The van der Waals surface area contributed by atoms with Crippen LogP contribution in [0.4, 0.5) is 23.2 Å². The number of aromatic nitrogens is 2. The lowest BCUT2D eigenvalue weighted by molar-refractivity contribution is -0.274. The third-order valence-corrected chi connectivity index (χ3v) is 6.21. The van der Waals surface area contributed by atoms with E-state index in [0.29, 0.717) is 12.0 Å². The molecule has 2 N–H and O–H groups in total. The zero-order valence-corrected chi connectivity index (χ0v) is 20.5. The Labute approximate surface area is 210 Å². The lowest BCUT2D eigenvalue weighted by atomic mass is 9.90. The van der Waals surface area contributed by atoms with Gasteiger partial charge in [-0.2, -0.15) is 5.10 Å². The number of amides is 1. The van der Waals surface area contributed by atoms with Crippen LogP contribution in [0, 0.1) is 5.82 Å². The van der Waals surface area contributed by atoms with E-state index in [1.165, 1.54) is 24.3 Å². The fourth-order valence-electron chi connectivity index (χ4n) is 4.21. The Kier molecular flexibility index (Phi) is 7.03. The van der Waals surface area contributed by atoms with Gasteiger partial charge in [0, 0.05) is 29.9 Å². The van der Waals surface area contributed by atoms with E-state index < -0.39 is 35.9 Å². The van der Waals surface area contributed by atoms with Crippen molar-refractivity contribution in [1.82, 2.24) is 15.1 Å². The fraction of sp³-hybridized carbons (Fsp3) is 0.360. The number of nitrogens with zero attached hydrogens (tertiary/aromatic N) is 2. The van der Waals surface area contributed by atoms with Crippen molar-refractivity contribution < 1.29 is 27.1 Å². The summed E-state index contributed by atoms with van der Waals surface area (Å²) in [5.74, 6) is -1.75. The molecule has 11 heteroatoms. The zero-order chi connectivity index (χ0) is 26.3. The molecule has 1 fully saturated rings. The minimum absolute atomic E-state index is 0.0134. The third-order valence-electron chi connectivity index (χ3n) is 5.90. The number of hydrogen-bond donors (Lipinski definition) is 2. The third kappa shape index (κ3) is 5.99. The van der Waals surface area contributed by atoms with Gasteiger partial charge in [0.25, 0.3) is 0 Å². The lowest BCUT2D eigenvalue weighted by Crippen LogP contribution is -2.36. The number of anilines is 1. The Bertz CT molecular complexity index is 1260. The maximum atomic E-state index is 14.3. The number of ether oxygens (including phenoxy) is 1. The van der Waals surface area contributed by atoms with E-state index in [1.54, 1.807) is 6.07 Å². The van der Waals surface area contributed by atoms with Crippen molar-refractivity contribution in [3.05, 3.63) is 76.8 Å². The second-order valence-corrected chi connectivity index (χ2v) is 10.0. The number of halogens is 5. The van der Waals surface area contributed by atoms with Gasteiger partial charge in [-0.25, -0.2) is 4.39 Å². The Morgan fingerprint density at radius 3 is 2.56 bits per heavy atom. The molecule has 0 aliphatic carbocycles. The van der Waals surface area contributed by atoms with Gasteiger partial charge in [-0.1, -0.05) is 23.7 Å². The fourth-order valence-corrected chi connectivity index (χ4v) is 4.33. The molecular weight excluding hydrogens is 500 g/mol. The minimum atomic E-state index is -4.85. The van der Waals surface area contributed by atoms with Crippen molar-refractivity contribution in [3.8, 4) is 5.75 Å². The van der Waals surface area contributed by atoms with Gasteiger partial charge < -0.3 is 10.1 Å². The number of benzene rings is 2. The van der Waals surface area contributed by atoms with Gasteiger partial charge in [0.2, 0.25) is 5.91 Å². The summed E-state index contributed by atoms with van der Waals surface area (Å²) in [4.78, 5) is 13.1. The van der Waals surface area contributed by atoms with E-state index in [0.717, 1.165) is 17.8 Å². The van der Waals surface area contributed by atoms with E-state index in [9.17, 15) is 22.4 Å². The molecule has 0 unspecified atom stereocenters. The molecule has 0 saturated carbocycles. The van der Waals surface area contributed by atoms with Crippen molar-refractivity contribution in [2.24, 2.45) is 0 Å². The largest absolute Gasteiger partial charge is 0.573 e. The summed E-state index contributed by atoms with van der Waals surface area (Å²) in [6.07, 6.45) is -2.66. The molecule has 192 valence electrons. The Hall–Kier alpha value is -3.11. The van der Waals surface area contributed by atoms with E-state index in [1.807, 2.05) is 37.7 Å². The summed E-state index contributed by atoms with van der Waals surface area (Å²) in [5, 5.41) is 10.6. The van der Waals surface area contributed by atoms with E-state index in [4.69, 9.17) is 16.7 Å². The number of hydrogen-bond acceptors (Lipinski definition) is 4. The van der Waals surface area contributed by atoms with Gasteiger partial charge in [-0.15, -0.1) is 13.2 Å². The van der Waals surface area contributed by atoms with Gasteiger partial charge in [-0.3, -0.25) is 14.8 Å². The summed E-state index contributed by atoms with van der Waals surface area (Å²) >= 11 is 5.86. The highest BCUT2D eigenvalue weighted by molar-refractivity contribution is 6.30. The standard InChI is InChI=1S/C25H25ClF4N4O2/c1-24(2,3)34-10-9-20(33-34)17-13-21(32-22(17)14-7-8-18(26)19(27)11-14)23(35)31-15-5-4-6-16(12-15)36-25(28,29)30/h4-12,17,21-22,32H,13H2,1-3H3,(H,31,35)/t17-,21+,22+/m1/s1. The second-order valence-electron chi connectivity index (χ2n) is 9.63. The van der Waals surface area contributed by atoms with Crippen molar-refractivity contribution in [2.45, 2.75) is 57.1 Å². The molecule has 1 aromatic heterocycles. The average Bonchev–Trinajstić information content (AvgIpc) is 3.42. The first kappa shape index (κ1) is 26.0.